The van der Waals surface area contributed by atoms with Crippen LogP contribution < -0.4 is 10.1 Å². The van der Waals surface area contributed by atoms with Gasteiger partial charge in [0.05, 0.1) is 0 Å². The van der Waals surface area contributed by atoms with Gasteiger partial charge < -0.3 is 10.1 Å². The summed E-state index contributed by atoms with van der Waals surface area (Å²) in [5.74, 6) is -0.689. The van der Waals surface area contributed by atoms with Gasteiger partial charge in [0.1, 0.15) is 11.6 Å². The van der Waals surface area contributed by atoms with Gasteiger partial charge in [-0.25, -0.2) is 4.98 Å². The molecular formula is C13H8ClF3N2O2. The minimum atomic E-state index is -4.77. The van der Waals surface area contributed by atoms with Crippen LogP contribution in [0.3, 0.4) is 0 Å². The number of hydrogen-bond acceptors (Lipinski definition) is 3. The van der Waals surface area contributed by atoms with Crippen LogP contribution in [0.2, 0.25) is 5.02 Å². The Hall–Kier alpha value is -2.28. The van der Waals surface area contributed by atoms with Crippen LogP contribution in [0.25, 0.3) is 0 Å². The summed E-state index contributed by atoms with van der Waals surface area (Å²) in [6, 6.07) is 7.50. The fourth-order valence-corrected chi connectivity index (χ4v) is 1.63. The van der Waals surface area contributed by atoms with Crippen molar-refractivity contribution >= 4 is 23.3 Å². The first-order valence-corrected chi connectivity index (χ1v) is 6.00. The Bertz CT molecular complexity index is 645. The van der Waals surface area contributed by atoms with Crippen molar-refractivity contribution < 1.29 is 22.7 Å². The second-order valence-corrected chi connectivity index (χ2v) is 4.32. The average molecular weight is 317 g/mol. The summed E-state index contributed by atoms with van der Waals surface area (Å²) < 4.78 is 39.7. The number of carbonyl (C=O) groups is 1. The number of benzene rings is 1. The number of alkyl halides is 3. The summed E-state index contributed by atoms with van der Waals surface area (Å²) in [6.45, 7) is 0. The van der Waals surface area contributed by atoms with Gasteiger partial charge in [-0.2, -0.15) is 0 Å². The van der Waals surface area contributed by atoms with Crippen LogP contribution in [0.4, 0.5) is 19.0 Å². The van der Waals surface area contributed by atoms with Gasteiger partial charge in [-0.05, 0) is 36.4 Å². The largest absolute Gasteiger partial charge is 0.573 e. The molecule has 0 aliphatic heterocycles. The summed E-state index contributed by atoms with van der Waals surface area (Å²) >= 11 is 5.74. The van der Waals surface area contributed by atoms with Crippen LogP contribution in [-0.4, -0.2) is 17.3 Å². The van der Waals surface area contributed by atoms with Gasteiger partial charge in [0.25, 0.3) is 5.91 Å². The lowest BCUT2D eigenvalue weighted by Crippen LogP contribution is -2.17. The second-order valence-electron chi connectivity index (χ2n) is 3.89. The van der Waals surface area contributed by atoms with E-state index < -0.39 is 18.0 Å². The monoisotopic (exact) mass is 316 g/mol. The van der Waals surface area contributed by atoms with Crippen LogP contribution in [0.1, 0.15) is 10.4 Å². The molecule has 0 spiro atoms. The smallest absolute Gasteiger partial charge is 0.406 e. The zero-order valence-corrected chi connectivity index (χ0v) is 11.1. The molecule has 0 aliphatic rings. The highest BCUT2D eigenvalue weighted by molar-refractivity contribution is 6.30. The first-order chi connectivity index (χ1) is 9.83. The average Bonchev–Trinajstić information content (AvgIpc) is 2.37. The molecule has 0 saturated carbocycles. The van der Waals surface area contributed by atoms with Crippen LogP contribution >= 0.6 is 11.6 Å². The van der Waals surface area contributed by atoms with Crippen molar-refractivity contribution in [1.29, 1.82) is 0 Å². The molecule has 1 N–H and O–H groups in total. The molecule has 2 aromatic rings. The van der Waals surface area contributed by atoms with Gasteiger partial charge in [-0.3, -0.25) is 4.79 Å². The predicted molar refractivity (Wildman–Crippen MR) is 70.3 cm³/mol. The van der Waals surface area contributed by atoms with Gasteiger partial charge in [0.2, 0.25) is 0 Å². The Morgan fingerprint density at radius 1 is 1.19 bits per heavy atom. The standard InChI is InChI=1S/C13H8ClF3N2O2/c14-9-5-6-18-11(7-9)19-12(20)8-1-3-10(4-2-8)21-13(15,16)17/h1-7H,(H,18,19,20). The van der Waals surface area contributed by atoms with E-state index in [1.807, 2.05) is 0 Å². The number of nitrogens with zero attached hydrogens (tertiary/aromatic N) is 1. The SMILES string of the molecule is O=C(Nc1cc(Cl)ccn1)c1ccc(OC(F)(F)F)cc1. The van der Waals surface area contributed by atoms with E-state index in [0.717, 1.165) is 12.1 Å². The summed E-state index contributed by atoms with van der Waals surface area (Å²) in [4.78, 5) is 15.7. The quantitative estimate of drug-likeness (QED) is 0.934. The first-order valence-electron chi connectivity index (χ1n) is 5.62. The third-order valence-electron chi connectivity index (χ3n) is 2.31. The Labute approximate surface area is 122 Å². The van der Waals surface area contributed by atoms with E-state index in [0.29, 0.717) is 5.02 Å². The molecular weight excluding hydrogens is 309 g/mol. The molecule has 2 rings (SSSR count). The lowest BCUT2D eigenvalue weighted by molar-refractivity contribution is -0.274. The molecule has 21 heavy (non-hydrogen) atoms. The number of amides is 1. The number of pyridine rings is 1. The van der Waals surface area contributed by atoms with E-state index in [2.05, 4.69) is 15.0 Å². The summed E-state index contributed by atoms with van der Waals surface area (Å²) in [5.41, 5.74) is 0.159. The van der Waals surface area contributed by atoms with Gasteiger partial charge >= 0.3 is 6.36 Å². The van der Waals surface area contributed by atoms with E-state index in [1.54, 1.807) is 6.07 Å². The Balaban J connectivity index is 2.06. The van der Waals surface area contributed by atoms with E-state index >= 15 is 0 Å². The third kappa shape index (κ3) is 4.64. The molecule has 0 saturated heterocycles. The number of aromatic nitrogens is 1. The first kappa shape index (κ1) is 15.1. The number of rotatable bonds is 3. The molecule has 1 heterocycles. The van der Waals surface area contributed by atoms with E-state index in [1.165, 1.54) is 24.4 Å². The number of hydrogen-bond donors (Lipinski definition) is 1. The maximum absolute atomic E-state index is 12.0. The van der Waals surface area contributed by atoms with Crippen molar-refractivity contribution in [2.45, 2.75) is 6.36 Å². The van der Waals surface area contributed by atoms with E-state index in [9.17, 15) is 18.0 Å². The maximum Gasteiger partial charge on any atom is 0.573 e. The van der Waals surface area contributed by atoms with Crippen LogP contribution in [0, 0.1) is 0 Å². The zero-order valence-electron chi connectivity index (χ0n) is 10.3. The molecule has 8 heteroatoms. The minimum Gasteiger partial charge on any atom is -0.406 e. The molecule has 1 aromatic carbocycles. The lowest BCUT2D eigenvalue weighted by Gasteiger charge is -2.09. The zero-order chi connectivity index (χ0) is 15.5. The highest BCUT2D eigenvalue weighted by atomic mass is 35.5. The molecule has 0 fully saturated rings. The van der Waals surface area contributed by atoms with Gasteiger partial charge in [-0.15, -0.1) is 13.2 Å². The number of halogens is 4. The highest BCUT2D eigenvalue weighted by Gasteiger charge is 2.31. The molecule has 1 aromatic heterocycles. The minimum absolute atomic E-state index is 0.159. The van der Waals surface area contributed by atoms with E-state index in [-0.39, 0.29) is 11.4 Å². The van der Waals surface area contributed by atoms with Crippen molar-refractivity contribution in [3.8, 4) is 5.75 Å². The van der Waals surface area contributed by atoms with Crippen molar-refractivity contribution in [2.24, 2.45) is 0 Å². The van der Waals surface area contributed by atoms with Crippen molar-refractivity contribution in [3.63, 3.8) is 0 Å². The Morgan fingerprint density at radius 3 is 2.43 bits per heavy atom. The van der Waals surface area contributed by atoms with E-state index in [4.69, 9.17) is 11.6 Å². The molecule has 0 bridgehead atoms. The lowest BCUT2D eigenvalue weighted by atomic mass is 10.2. The number of carbonyl (C=O) groups excluding carboxylic acids is 1. The van der Waals surface area contributed by atoms with Crippen LogP contribution in [0.15, 0.2) is 42.6 Å². The summed E-state index contributed by atoms with van der Waals surface area (Å²) in [6.07, 6.45) is -3.35. The Kier molecular flexibility index (Phi) is 4.32. The van der Waals surface area contributed by atoms with Gasteiger partial charge in [-0.1, -0.05) is 11.6 Å². The number of ether oxygens (including phenoxy) is 1. The topological polar surface area (TPSA) is 51.2 Å². The van der Waals surface area contributed by atoms with Crippen molar-refractivity contribution in [1.82, 2.24) is 4.98 Å². The second kappa shape index (κ2) is 6.01. The molecule has 0 atom stereocenters. The number of nitrogens with one attached hydrogen (secondary N) is 1. The molecule has 4 nitrogen and oxygen atoms in total. The van der Waals surface area contributed by atoms with Crippen molar-refractivity contribution in [3.05, 3.63) is 53.2 Å². The summed E-state index contributed by atoms with van der Waals surface area (Å²) in [5, 5.41) is 2.87. The van der Waals surface area contributed by atoms with Gasteiger partial charge in [0.15, 0.2) is 0 Å². The predicted octanol–water partition coefficient (Wildman–Crippen LogP) is 3.89. The van der Waals surface area contributed by atoms with Gasteiger partial charge in [0, 0.05) is 16.8 Å². The molecule has 110 valence electrons. The maximum atomic E-state index is 12.0. The van der Waals surface area contributed by atoms with Crippen LogP contribution in [0.5, 0.6) is 5.75 Å². The fraction of sp³-hybridized carbons (Fsp3) is 0.0769. The normalized spacial score (nSPS) is 11.0. The molecule has 0 aliphatic carbocycles. The number of anilines is 1. The fourth-order valence-electron chi connectivity index (χ4n) is 1.47. The third-order valence-corrected chi connectivity index (χ3v) is 2.55. The highest BCUT2D eigenvalue weighted by Crippen LogP contribution is 2.23. The molecule has 0 radical (unpaired) electrons. The molecule has 1 amide bonds. The van der Waals surface area contributed by atoms with Crippen LogP contribution in [-0.2, 0) is 0 Å². The molecule has 0 unspecified atom stereocenters. The summed E-state index contributed by atoms with van der Waals surface area (Å²) in [7, 11) is 0. The Morgan fingerprint density at radius 2 is 1.86 bits per heavy atom. The van der Waals surface area contributed by atoms with Crippen molar-refractivity contribution in [2.75, 3.05) is 5.32 Å².